The number of hydrogen-bond donors (Lipinski definition) is 1. The molecule has 2 saturated carbocycles. The zero-order chi connectivity index (χ0) is 31.9. The van der Waals surface area contributed by atoms with Gasteiger partial charge in [-0.05, 0) is 80.0 Å². The fourth-order valence-corrected chi connectivity index (χ4v) is 7.55. The molecule has 0 radical (unpaired) electrons. The summed E-state index contributed by atoms with van der Waals surface area (Å²) in [6.45, 7) is 1.56. The van der Waals surface area contributed by atoms with E-state index in [-0.39, 0.29) is 23.9 Å². The minimum atomic E-state index is -0.0410. The molecule has 1 aliphatic heterocycles. The number of ether oxygens (including phenoxy) is 1. The molecule has 0 spiro atoms. The first-order chi connectivity index (χ1) is 22.2. The Morgan fingerprint density at radius 2 is 1.83 bits per heavy atom. The molecule has 5 aromatic rings. The minimum Gasteiger partial charge on any atom is -0.494 e. The lowest BCUT2D eigenvalue weighted by Crippen LogP contribution is -2.41. The Hall–Kier alpha value is -4.70. The number of fused-ring (bicyclic) bond motifs is 4. The van der Waals surface area contributed by atoms with E-state index < -0.39 is 0 Å². The lowest BCUT2D eigenvalue weighted by atomic mass is 10.1. The van der Waals surface area contributed by atoms with Crippen LogP contribution in [0.15, 0.2) is 54.6 Å². The SMILES string of the molecule is COc1cc(C(=O)N2CC3CCC2C3N)cc2nc(-c3cc4ccc(-c5cccc(C(=O)N(C)C)c5)nc4n3CC3CC3)n(C)c12. The average molecular weight is 618 g/mol. The molecule has 1 saturated heterocycles. The van der Waals surface area contributed by atoms with Crippen LogP contribution in [0.3, 0.4) is 0 Å². The second-order valence-corrected chi connectivity index (χ2v) is 13.5. The van der Waals surface area contributed by atoms with Gasteiger partial charge in [0, 0.05) is 68.4 Å². The van der Waals surface area contributed by atoms with E-state index in [2.05, 4.69) is 21.3 Å². The van der Waals surface area contributed by atoms with Gasteiger partial charge in [-0.3, -0.25) is 9.59 Å². The molecule has 2 aromatic carbocycles. The summed E-state index contributed by atoms with van der Waals surface area (Å²) in [6.07, 6.45) is 4.44. The highest BCUT2D eigenvalue weighted by Gasteiger charge is 2.47. The predicted molar refractivity (Wildman–Crippen MR) is 178 cm³/mol. The van der Waals surface area contributed by atoms with Gasteiger partial charge < -0.3 is 29.4 Å². The highest BCUT2D eigenvalue weighted by Crippen LogP contribution is 2.40. The molecule has 10 nitrogen and oxygen atoms in total. The fourth-order valence-electron chi connectivity index (χ4n) is 7.55. The maximum Gasteiger partial charge on any atom is 0.254 e. The summed E-state index contributed by atoms with van der Waals surface area (Å²) >= 11 is 0. The summed E-state index contributed by atoms with van der Waals surface area (Å²) in [7, 11) is 7.15. The number of aromatic nitrogens is 4. The lowest BCUT2D eigenvalue weighted by Gasteiger charge is -2.27. The number of carbonyl (C=O) groups excluding carboxylic acids is 2. The quantitative estimate of drug-likeness (QED) is 0.277. The van der Waals surface area contributed by atoms with Crippen LogP contribution in [0.2, 0.25) is 0 Å². The topological polar surface area (TPSA) is 112 Å². The number of amides is 2. The van der Waals surface area contributed by atoms with Crippen molar-refractivity contribution < 1.29 is 14.3 Å². The molecule has 4 heterocycles. The molecule has 2 amide bonds. The first kappa shape index (κ1) is 28.8. The third kappa shape index (κ3) is 4.57. The van der Waals surface area contributed by atoms with Crippen molar-refractivity contribution in [1.29, 1.82) is 0 Å². The van der Waals surface area contributed by atoms with E-state index in [4.69, 9.17) is 20.4 Å². The fraction of sp³-hybridized carbons (Fsp3) is 0.389. The normalized spacial score (nSPS) is 20.6. The highest BCUT2D eigenvalue weighted by atomic mass is 16.5. The van der Waals surface area contributed by atoms with Crippen LogP contribution in [0.4, 0.5) is 0 Å². The monoisotopic (exact) mass is 617 g/mol. The molecule has 3 aliphatic rings. The molecule has 2 N–H and O–H groups in total. The second-order valence-electron chi connectivity index (χ2n) is 13.5. The third-order valence-corrected chi connectivity index (χ3v) is 10.2. The van der Waals surface area contributed by atoms with Crippen LogP contribution in [0.1, 0.15) is 46.4 Å². The van der Waals surface area contributed by atoms with Gasteiger partial charge in [0.15, 0.2) is 5.82 Å². The average Bonchev–Trinajstić information content (AvgIpc) is 3.47. The number of imidazole rings is 1. The van der Waals surface area contributed by atoms with Crippen LogP contribution >= 0.6 is 0 Å². The van der Waals surface area contributed by atoms with Gasteiger partial charge in [0.2, 0.25) is 0 Å². The molecule has 3 atom stereocenters. The number of pyridine rings is 1. The van der Waals surface area contributed by atoms with Crippen molar-refractivity contribution in [1.82, 2.24) is 28.9 Å². The maximum absolute atomic E-state index is 13.7. The zero-order valence-electron chi connectivity index (χ0n) is 26.7. The molecule has 236 valence electrons. The Balaban J connectivity index is 1.22. The number of carbonyl (C=O) groups is 2. The highest BCUT2D eigenvalue weighted by molar-refractivity contribution is 6.00. The van der Waals surface area contributed by atoms with E-state index in [1.807, 2.05) is 54.4 Å². The predicted octanol–water partition coefficient (Wildman–Crippen LogP) is 4.94. The summed E-state index contributed by atoms with van der Waals surface area (Å²) in [6, 6.07) is 17.8. The Labute approximate surface area is 267 Å². The van der Waals surface area contributed by atoms with Gasteiger partial charge in [-0.15, -0.1) is 0 Å². The van der Waals surface area contributed by atoms with Crippen LogP contribution in [0, 0.1) is 11.8 Å². The first-order valence-electron chi connectivity index (χ1n) is 16.2. The Bertz CT molecular complexity index is 2040. The van der Waals surface area contributed by atoms with Crippen molar-refractivity contribution in [3.8, 4) is 28.5 Å². The molecule has 2 bridgehead atoms. The van der Waals surface area contributed by atoms with Crippen LogP contribution < -0.4 is 10.5 Å². The van der Waals surface area contributed by atoms with Gasteiger partial charge in [-0.25, -0.2) is 9.97 Å². The Kier molecular flexibility index (Phi) is 6.68. The standard InChI is InChI=1S/C36H39N7O3/c1-40(2)35(44)23-7-5-6-21(14-23)26-12-10-22-16-29(42(33(22)38-26)18-20-8-9-20)34-39-27-15-25(17-30(46-4)32(27)41(34)3)36(45)43-19-24-11-13-28(43)31(24)37/h5-7,10,12,14-17,20,24,28,31H,8-9,11,13,18-19,37H2,1-4H3. The molecule has 8 rings (SSSR count). The molecule has 2 aliphatic carbocycles. The largest absolute Gasteiger partial charge is 0.494 e. The number of methoxy groups -OCH3 is 1. The van der Waals surface area contributed by atoms with E-state index in [0.29, 0.717) is 40.8 Å². The smallest absolute Gasteiger partial charge is 0.254 e. The summed E-state index contributed by atoms with van der Waals surface area (Å²) in [5.41, 5.74) is 12.8. The van der Waals surface area contributed by atoms with Gasteiger partial charge in [-0.1, -0.05) is 12.1 Å². The molecule has 3 unspecified atom stereocenters. The Morgan fingerprint density at radius 3 is 2.52 bits per heavy atom. The van der Waals surface area contributed by atoms with Gasteiger partial charge >= 0.3 is 0 Å². The first-order valence-corrected chi connectivity index (χ1v) is 16.2. The lowest BCUT2D eigenvalue weighted by molar-refractivity contribution is 0.0700. The molecule has 3 fully saturated rings. The number of nitrogens with zero attached hydrogens (tertiary/aromatic N) is 6. The number of hydrogen-bond acceptors (Lipinski definition) is 6. The molecular weight excluding hydrogens is 578 g/mol. The summed E-state index contributed by atoms with van der Waals surface area (Å²) < 4.78 is 10.2. The van der Waals surface area contributed by atoms with Gasteiger partial charge in [0.25, 0.3) is 11.8 Å². The van der Waals surface area contributed by atoms with Crippen molar-refractivity contribution in [3.05, 3.63) is 65.7 Å². The number of piperidine rings is 1. The van der Waals surface area contributed by atoms with Crippen molar-refractivity contribution in [3.63, 3.8) is 0 Å². The van der Waals surface area contributed by atoms with E-state index in [9.17, 15) is 9.59 Å². The van der Waals surface area contributed by atoms with E-state index in [1.165, 1.54) is 12.8 Å². The molecule has 10 heteroatoms. The number of rotatable bonds is 7. The van der Waals surface area contributed by atoms with Crippen molar-refractivity contribution in [2.24, 2.45) is 24.6 Å². The Morgan fingerprint density at radius 1 is 1.00 bits per heavy atom. The summed E-state index contributed by atoms with van der Waals surface area (Å²) in [5.74, 6) is 2.34. The van der Waals surface area contributed by atoms with Crippen LogP contribution in [-0.4, -0.2) is 80.5 Å². The van der Waals surface area contributed by atoms with Gasteiger partial charge in [0.05, 0.1) is 24.0 Å². The van der Waals surface area contributed by atoms with Crippen LogP contribution in [0.25, 0.3) is 44.8 Å². The third-order valence-electron chi connectivity index (χ3n) is 10.2. The number of nitrogens with two attached hydrogens (primary N) is 1. The summed E-state index contributed by atoms with van der Waals surface area (Å²) in [5, 5.41) is 1.02. The second kappa shape index (κ2) is 10.7. The number of aryl methyl sites for hydroxylation is 1. The molecule has 3 aromatic heterocycles. The van der Waals surface area contributed by atoms with Gasteiger partial charge in [-0.2, -0.15) is 0 Å². The minimum absolute atomic E-state index is 0.00835. The maximum atomic E-state index is 13.7. The van der Waals surface area contributed by atoms with Crippen molar-refractivity contribution in [2.75, 3.05) is 27.7 Å². The number of benzene rings is 2. The van der Waals surface area contributed by atoms with Crippen LogP contribution in [-0.2, 0) is 13.6 Å². The van der Waals surface area contributed by atoms with Crippen molar-refractivity contribution >= 4 is 33.9 Å². The summed E-state index contributed by atoms with van der Waals surface area (Å²) in [4.78, 5) is 40.2. The van der Waals surface area contributed by atoms with Crippen molar-refractivity contribution in [2.45, 2.75) is 44.3 Å². The molecular formula is C36H39N7O3. The van der Waals surface area contributed by atoms with E-state index in [1.54, 1.807) is 26.1 Å². The van der Waals surface area contributed by atoms with E-state index in [0.717, 1.165) is 58.7 Å². The number of likely N-dealkylation sites (tertiary alicyclic amines) is 1. The molecule has 46 heavy (non-hydrogen) atoms. The van der Waals surface area contributed by atoms with E-state index >= 15 is 0 Å². The van der Waals surface area contributed by atoms with Crippen LogP contribution in [0.5, 0.6) is 5.75 Å². The van der Waals surface area contributed by atoms with Gasteiger partial charge in [0.1, 0.15) is 16.9 Å². The zero-order valence-corrected chi connectivity index (χ0v) is 26.7.